The molecule has 0 spiro atoms. The maximum atomic E-state index is 11.7. The summed E-state index contributed by atoms with van der Waals surface area (Å²) < 4.78 is 5.00. The molecule has 2 aliphatic rings. The zero-order chi connectivity index (χ0) is 18.1. The summed E-state index contributed by atoms with van der Waals surface area (Å²) in [6.07, 6.45) is 5.40. The minimum atomic E-state index is -0.244. The van der Waals surface area contributed by atoms with Gasteiger partial charge in [0, 0.05) is 38.1 Å². The Morgan fingerprint density at radius 2 is 1.92 bits per heavy atom. The topological polar surface area (TPSA) is 109 Å². The lowest BCUT2D eigenvalue weighted by molar-refractivity contribution is -0.127. The van der Waals surface area contributed by atoms with E-state index in [-0.39, 0.29) is 47.9 Å². The fourth-order valence-electron chi connectivity index (χ4n) is 2.98. The molecule has 26 heavy (non-hydrogen) atoms. The SMILES string of the molecule is CCOC(=O)N1CCC(NC(N)=NCCCNC(=O)C2CCC2)CC1.I. The van der Waals surface area contributed by atoms with Crippen LogP contribution in [0.5, 0.6) is 0 Å². The second kappa shape index (κ2) is 12.2. The number of hydrogen-bond acceptors (Lipinski definition) is 4. The number of nitrogens with zero attached hydrogens (tertiary/aromatic N) is 2. The highest BCUT2D eigenvalue weighted by Gasteiger charge is 2.25. The predicted molar refractivity (Wildman–Crippen MR) is 112 cm³/mol. The maximum absolute atomic E-state index is 11.7. The van der Waals surface area contributed by atoms with Gasteiger partial charge in [-0.1, -0.05) is 6.42 Å². The van der Waals surface area contributed by atoms with Crippen LogP contribution in [0, 0.1) is 5.92 Å². The number of guanidine groups is 1. The Labute approximate surface area is 172 Å². The van der Waals surface area contributed by atoms with Crippen LogP contribution in [0.3, 0.4) is 0 Å². The van der Waals surface area contributed by atoms with E-state index in [2.05, 4.69) is 15.6 Å². The third kappa shape index (κ3) is 7.55. The molecule has 0 atom stereocenters. The van der Waals surface area contributed by atoms with Crippen molar-refractivity contribution in [2.45, 2.75) is 51.5 Å². The Kier molecular flexibility index (Phi) is 10.7. The molecule has 0 aromatic carbocycles. The number of halogens is 1. The molecule has 150 valence electrons. The molecular weight excluding hydrogens is 449 g/mol. The van der Waals surface area contributed by atoms with Crippen LogP contribution in [-0.2, 0) is 9.53 Å². The summed E-state index contributed by atoms with van der Waals surface area (Å²) in [4.78, 5) is 29.4. The summed E-state index contributed by atoms with van der Waals surface area (Å²) >= 11 is 0. The van der Waals surface area contributed by atoms with Gasteiger partial charge in [-0.25, -0.2) is 4.79 Å². The third-order valence-electron chi connectivity index (χ3n) is 4.77. The molecule has 0 bridgehead atoms. The highest BCUT2D eigenvalue weighted by atomic mass is 127. The first-order valence-corrected chi connectivity index (χ1v) is 9.36. The van der Waals surface area contributed by atoms with Crippen molar-refractivity contribution in [1.29, 1.82) is 0 Å². The Hall–Kier alpha value is -1.26. The Bertz CT molecular complexity index is 477. The van der Waals surface area contributed by atoms with Gasteiger partial charge >= 0.3 is 6.09 Å². The number of amides is 2. The van der Waals surface area contributed by atoms with Crippen LogP contribution in [-0.4, -0.2) is 61.7 Å². The Balaban J connectivity index is 0.00000338. The van der Waals surface area contributed by atoms with Crippen LogP contribution in [0.2, 0.25) is 0 Å². The molecule has 1 aliphatic carbocycles. The number of carbonyl (C=O) groups is 2. The predicted octanol–water partition coefficient (Wildman–Crippen LogP) is 1.44. The van der Waals surface area contributed by atoms with Crippen LogP contribution in [0.1, 0.15) is 45.4 Å². The maximum Gasteiger partial charge on any atom is 0.409 e. The number of carbonyl (C=O) groups excluding carboxylic acids is 2. The molecule has 9 heteroatoms. The van der Waals surface area contributed by atoms with Crippen molar-refractivity contribution in [3.63, 3.8) is 0 Å². The van der Waals surface area contributed by atoms with Crippen molar-refractivity contribution < 1.29 is 14.3 Å². The molecule has 1 aliphatic heterocycles. The average Bonchev–Trinajstić information content (AvgIpc) is 2.53. The molecule has 0 aromatic heterocycles. The molecule has 1 saturated heterocycles. The summed E-state index contributed by atoms with van der Waals surface area (Å²) in [5.74, 6) is 0.838. The second-order valence-corrected chi connectivity index (χ2v) is 6.64. The lowest BCUT2D eigenvalue weighted by Gasteiger charge is -2.31. The van der Waals surface area contributed by atoms with Gasteiger partial charge in [0.2, 0.25) is 5.91 Å². The van der Waals surface area contributed by atoms with Gasteiger partial charge in [0.25, 0.3) is 0 Å². The van der Waals surface area contributed by atoms with Gasteiger partial charge in [0.1, 0.15) is 0 Å². The lowest BCUT2D eigenvalue weighted by Crippen LogP contribution is -2.48. The largest absolute Gasteiger partial charge is 0.450 e. The first-order chi connectivity index (χ1) is 12.1. The van der Waals surface area contributed by atoms with E-state index in [0.717, 1.165) is 32.1 Å². The van der Waals surface area contributed by atoms with Gasteiger partial charge in [0.05, 0.1) is 6.61 Å². The van der Waals surface area contributed by atoms with E-state index in [0.29, 0.717) is 38.7 Å². The Morgan fingerprint density at radius 3 is 2.50 bits per heavy atom. The van der Waals surface area contributed by atoms with E-state index in [9.17, 15) is 9.59 Å². The van der Waals surface area contributed by atoms with Crippen LogP contribution in [0.25, 0.3) is 0 Å². The van der Waals surface area contributed by atoms with Gasteiger partial charge < -0.3 is 26.0 Å². The summed E-state index contributed by atoms with van der Waals surface area (Å²) in [7, 11) is 0. The number of rotatable bonds is 7. The number of nitrogens with one attached hydrogen (secondary N) is 2. The quantitative estimate of drug-likeness (QED) is 0.221. The summed E-state index contributed by atoms with van der Waals surface area (Å²) in [5, 5.41) is 6.15. The summed E-state index contributed by atoms with van der Waals surface area (Å²) in [6.45, 7) is 4.77. The van der Waals surface area contributed by atoms with Crippen LogP contribution in [0.4, 0.5) is 4.79 Å². The van der Waals surface area contributed by atoms with Crippen LogP contribution < -0.4 is 16.4 Å². The number of hydrogen-bond donors (Lipinski definition) is 3. The molecule has 1 saturated carbocycles. The Morgan fingerprint density at radius 1 is 1.23 bits per heavy atom. The van der Waals surface area contributed by atoms with E-state index in [4.69, 9.17) is 10.5 Å². The molecular formula is C17H32IN5O3. The zero-order valence-corrected chi connectivity index (χ0v) is 17.9. The second-order valence-electron chi connectivity index (χ2n) is 6.64. The van der Waals surface area contributed by atoms with Crippen LogP contribution >= 0.6 is 24.0 Å². The van der Waals surface area contributed by atoms with Gasteiger partial charge in [-0.3, -0.25) is 9.79 Å². The van der Waals surface area contributed by atoms with E-state index in [1.807, 2.05) is 6.92 Å². The van der Waals surface area contributed by atoms with Crippen molar-refractivity contribution in [2.75, 3.05) is 32.8 Å². The fourth-order valence-corrected chi connectivity index (χ4v) is 2.98. The minimum absolute atomic E-state index is 0. The summed E-state index contributed by atoms with van der Waals surface area (Å²) in [6, 6.07) is 0.229. The third-order valence-corrected chi connectivity index (χ3v) is 4.77. The first kappa shape index (κ1) is 22.8. The van der Waals surface area contributed by atoms with Crippen LogP contribution in [0.15, 0.2) is 4.99 Å². The van der Waals surface area contributed by atoms with Crippen molar-refractivity contribution in [2.24, 2.45) is 16.6 Å². The van der Waals surface area contributed by atoms with E-state index >= 15 is 0 Å². The molecule has 2 fully saturated rings. The summed E-state index contributed by atoms with van der Waals surface area (Å²) in [5.41, 5.74) is 5.91. The number of ether oxygens (including phenoxy) is 1. The molecule has 0 aromatic rings. The highest BCUT2D eigenvalue weighted by Crippen LogP contribution is 2.26. The molecule has 4 N–H and O–H groups in total. The molecule has 8 nitrogen and oxygen atoms in total. The fraction of sp³-hybridized carbons (Fsp3) is 0.824. The highest BCUT2D eigenvalue weighted by molar-refractivity contribution is 14.0. The van der Waals surface area contributed by atoms with Gasteiger partial charge in [-0.2, -0.15) is 0 Å². The normalized spacial score (nSPS) is 18.5. The molecule has 0 radical (unpaired) electrons. The number of nitrogens with two attached hydrogens (primary N) is 1. The van der Waals surface area contributed by atoms with Gasteiger partial charge in [-0.05, 0) is 39.0 Å². The van der Waals surface area contributed by atoms with E-state index in [1.165, 1.54) is 6.42 Å². The molecule has 0 unspecified atom stereocenters. The smallest absolute Gasteiger partial charge is 0.409 e. The van der Waals surface area contributed by atoms with E-state index in [1.54, 1.807) is 4.90 Å². The first-order valence-electron chi connectivity index (χ1n) is 9.36. The number of likely N-dealkylation sites (tertiary alicyclic amines) is 1. The van der Waals surface area contributed by atoms with Crippen molar-refractivity contribution in [3.8, 4) is 0 Å². The molecule has 1 heterocycles. The van der Waals surface area contributed by atoms with Gasteiger partial charge in [0.15, 0.2) is 5.96 Å². The van der Waals surface area contributed by atoms with Crippen molar-refractivity contribution >= 4 is 41.9 Å². The molecule has 2 rings (SSSR count). The number of aliphatic imine (C=N–C) groups is 1. The van der Waals surface area contributed by atoms with Gasteiger partial charge in [-0.15, -0.1) is 24.0 Å². The van der Waals surface area contributed by atoms with Crippen molar-refractivity contribution in [3.05, 3.63) is 0 Å². The lowest BCUT2D eigenvalue weighted by atomic mass is 9.85. The minimum Gasteiger partial charge on any atom is -0.450 e. The number of piperidine rings is 1. The van der Waals surface area contributed by atoms with E-state index < -0.39 is 0 Å². The monoisotopic (exact) mass is 481 g/mol. The molecule has 2 amide bonds. The van der Waals surface area contributed by atoms with Crippen molar-refractivity contribution in [1.82, 2.24) is 15.5 Å². The standard InChI is InChI=1S/C17H31N5O3.HI/c1-2-25-17(24)22-11-7-14(8-12-22)21-16(18)20-10-4-9-19-15(23)13-5-3-6-13;/h13-14H,2-12H2,1H3,(H,19,23)(H3,18,20,21);1H. The zero-order valence-electron chi connectivity index (χ0n) is 15.5. The average molecular weight is 481 g/mol.